The van der Waals surface area contributed by atoms with Crippen molar-refractivity contribution in [2.45, 2.75) is 24.7 Å². The highest BCUT2D eigenvalue weighted by Crippen LogP contribution is 2.24. The molecule has 4 heterocycles. The van der Waals surface area contributed by atoms with Gasteiger partial charge in [-0.05, 0) is 50.6 Å². The van der Waals surface area contributed by atoms with Crippen LogP contribution in [0.5, 0.6) is 0 Å². The zero-order valence-electron chi connectivity index (χ0n) is 15.4. The molecule has 5 rings (SSSR count). The number of hydrogen-bond donors (Lipinski definition) is 1. The fourth-order valence-corrected chi connectivity index (χ4v) is 5.08. The number of nitrogens with zero attached hydrogens (tertiary/aromatic N) is 5. The van der Waals surface area contributed by atoms with Crippen molar-refractivity contribution in [3.63, 3.8) is 0 Å². The van der Waals surface area contributed by atoms with Gasteiger partial charge in [0.05, 0.1) is 16.6 Å². The maximum absolute atomic E-state index is 13.1. The second-order valence-corrected chi connectivity index (χ2v) is 9.08. The van der Waals surface area contributed by atoms with E-state index in [4.69, 9.17) is 0 Å². The molecule has 1 fully saturated rings. The Kier molecular flexibility index (Phi) is 3.95. The number of hydrogen-bond acceptors (Lipinski definition) is 6. The summed E-state index contributed by atoms with van der Waals surface area (Å²) in [5.41, 5.74) is 2.70. The summed E-state index contributed by atoms with van der Waals surface area (Å²) in [6.45, 7) is 3.91. The molecule has 4 aromatic rings. The average molecular weight is 396 g/mol. The Morgan fingerprint density at radius 1 is 1.18 bits per heavy atom. The molecule has 3 aromatic heterocycles. The Labute approximate surface area is 162 Å². The SMILES string of the molecule is Cc1ccc(S(=O)(=O)n2ccc3c2ncc2nnc(C[C@@H]4CCNC4)n23)cc1. The summed E-state index contributed by atoms with van der Waals surface area (Å²) in [6.07, 6.45) is 5.02. The number of benzene rings is 1. The molecule has 0 unspecified atom stereocenters. The van der Waals surface area contributed by atoms with Gasteiger partial charge < -0.3 is 5.32 Å². The number of aromatic nitrogens is 5. The van der Waals surface area contributed by atoms with E-state index in [9.17, 15) is 8.42 Å². The van der Waals surface area contributed by atoms with Crippen molar-refractivity contribution in [3.8, 4) is 0 Å². The average Bonchev–Trinajstić information content (AvgIpc) is 3.41. The third-order valence-corrected chi connectivity index (χ3v) is 7.00. The van der Waals surface area contributed by atoms with E-state index in [1.165, 1.54) is 3.97 Å². The van der Waals surface area contributed by atoms with Crippen molar-refractivity contribution >= 4 is 26.8 Å². The highest BCUT2D eigenvalue weighted by molar-refractivity contribution is 7.90. The molecule has 144 valence electrons. The molecule has 0 radical (unpaired) electrons. The summed E-state index contributed by atoms with van der Waals surface area (Å²) in [7, 11) is -3.74. The van der Waals surface area contributed by atoms with Crippen molar-refractivity contribution in [1.82, 2.24) is 28.9 Å². The molecular weight excluding hydrogens is 376 g/mol. The van der Waals surface area contributed by atoms with E-state index in [2.05, 4.69) is 20.5 Å². The second-order valence-electron chi connectivity index (χ2n) is 7.27. The first-order valence-electron chi connectivity index (χ1n) is 9.27. The number of fused-ring (bicyclic) bond motifs is 3. The summed E-state index contributed by atoms with van der Waals surface area (Å²) >= 11 is 0. The van der Waals surface area contributed by atoms with Crippen LogP contribution in [-0.4, -0.2) is 45.1 Å². The second kappa shape index (κ2) is 6.39. The van der Waals surface area contributed by atoms with E-state index in [-0.39, 0.29) is 4.90 Å². The van der Waals surface area contributed by atoms with Gasteiger partial charge in [-0.3, -0.25) is 4.40 Å². The monoisotopic (exact) mass is 396 g/mol. The normalized spacial score (nSPS) is 17.7. The van der Waals surface area contributed by atoms with Crippen LogP contribution in [0.1, 0.15) is 17.8 Å². The fourth-order valence-electron chi connectivity index (χ4n) is 3.79. The molecule has 9 heteroatoms. The quantitative estimate of drug-likeness (QED) is 0.565. The van der Waals surface area contributed by atoms with Crippen LogP contribution in [0.25, 0.3) is 16.8 Å². The van der Waals surface area contributed by atoms with Gasteiger partial charge in [0.2, 0.25) is 0 Å². The van der Waals surface area contributed by atoms with Gasteiger partial charge in [0.15, 0.2) is 11.3 Å². The molecule has 1 aliphatic heterocycles. The van der Waals surface area contributed by atoms with Crippen molar-refractivity contribution in [1.29, 1.82) is 0 Å². The first-order valence-corrected chi connectivity index (χ1v) is 10.7. The summed E-state index contributed by atoms with van der Waals surface area (Å²) in [6, 6.07) is 8.58. The van der Waals surface area contributed by atoms with Crippen LogP contribution < -0.4 is 5.32 Å². The molecule has 1 N–H and O–H groups in total. The maximum atomic E-state index is 13.1. The molecular formula is C19H20N6O2S. The van der Waals surface area contributed by atoms with E-state index >= 15 is 0 Å². The fraction of sp³-hybridized carbons (Fsp3) is 0.316. The Bertz CT molecular complexity index is 1270. The summed E-state index contributed by atoms with van der Waals surface area (Å²) < 4.78 is 29.4. The minimum absolute atomic E-state index is 0.235. The van der Waals surface area contributed by atoms with Gasteiger partial charge in [0, 0.05) is 12.6 Å². The smallest absolute Gasteiger partial charge is 0.269 e. The summed E-state index contributed by atoms with van der Waals surface area (Å²) in [5, 5.41) is 11.9. The van der Waals surface area contributed by atoms with Crippen molar-refractivity contribution in [2.24, 2.45) is 5.92 Å². The summed E-state index contributed by atoms with van der Waals surface area (Å²) in [5.74, 6) is 1.34. The molecule has 1 saturated heterocycles. The van der Waals surface area contributed by atoms with Crippen LogP contribution in [0.4, 0.5) is 0 Å². The van der Waals surface area contributed by atoms with E-state index < -0.39 is 10.0 Å². The first-order chi connectivity index (χ1) is 13.5. The summed E-state index contributed by atoms with van der Waals surface area (Å²) in [4.78, 5) is 4.61. The molecule has 1 aliphatic rings. The predicted octanol–water partition coefficient (Wildman–Crippen LogP) is 1.78. The van der Waals surface area contributed by atoms with Crippen molar-refractivity contribution in [3.05, 3.63) is 54.1 Å². The van der Waals surface area contributed by atoms with Gasteiger partial charge >= 0.3 is 0 Å². The van der Waals surface area contributed by atoms with E-state index in [1.54, 1.807) is 42.7 Å². The van der Waals surface area contributed by atoms with Gasteiger partial charge in [-0.2, -0.15) is 0 Å². The van der Waals surface area contributed by atoms with E-state index in [1.807, 2.05) is 11.3 Å². The molecule has 28 heavy (non-hydrogen) atoms. The largest absolute Gasteiger partial charge is 0.316 e. The number of aryl methyl sites for hydroxylation is 1. The number of nitrogens with one attached hydrogen (secondary N) is 1. The molecule has 0 bridgehead atoms. The van der Waals surface area contributed by atoms with Crippen LogP contribution in [-0.2, 0) is 16.4 Å². The van der Waals surface area contributed by atoms with E-state index in [0.717, 1.165) is 37.3 Å². The lowest BCUT2D eigenvalue weighted by molar-refractivity contribution is 0.559. The Hall–Kier alpha value is -2.78. The van der Waals surface area contributed by atoms with Gasteiger partial charge in [0.1, 0.15) is 5.82 Å². The predicted molar refractivity (Wildman–Crippen MR) is 105 cm³/mol. The Morgan fingerprint density at radius 2 is 2.00 bits per heavy atom. The highest BCUT2D eigenvalue weighted by atomic mass is 32.2. The topological polar surface area (TPSA) is 94.2 Å². The Morgan fingerprint density at radius 3 is 2.75 bits per heavy atom. The van der Waals surface area contributed by atoms with Crippen LogP contribution in [0.3, 0.4) is 0 Å². The molecule has 0 saturated carbocycles. The molecule has 1 aromatic carbocycles. The van der Waals surface area contributed by atoms with Crippen molar-refractivity contribution < 1.29 is 8.42 Å². The molecule has 0 aliphatic carbocycles. The molecule has 1 atom stereocenters. The van der Waals surface area contributed by atoms with Crippen molar-refractivity contribution in [2.75, 3.05) is 13.1 Å². The van der Waals surface area contributed by atoms with Crippen LogP contribution in [0.2, 0.25) is 0 Å². The van der Waals surface area contributed by atoms with Gasteiger partial charge in [0.25, 0.3) is 10.0 Å². The third kappa shape index (κ3) is 2.70. The van der Waals surface area contributed by atoms with E-state index in [0.29, 0.717) is 22.7 Å². The zero-order chi connectivity index (χ0) is 19.3. The Balaban J connectivity index is 1.65. The first kappa shape index (κ1) is 17.3. The van der Waals surface area contributed by atoms with Crippen LogP contribution in [0, 0.1) is 12.8 Å². The minimum atomic E-state index is -3.74. The van der Waals surface area contributed by atoms with Crippen LogP contribution >= 0.6 is 0 Å². The lowest BCUT2D eigenvalue weighted by atomic mass is 10.0. The standard InChI is InChI=1S/C19H20N6O2S/c1-13-2-4-15(5-3-13)28(26,27)24-9-7-16-19(24)21-12-18-23-22-17(25(16)18)10-14-6-8-20-11-14/h2-5,7,9,12,14,20H,6,8,10-11H2,1H3/t14-/m0/s1. The van der Waals surface area contributed by atoms with Gasteiger partial charge in [-0.1, -0.05) is 17.7 Å². The molecule has 0 amide bonds. The third-order valence-electron chi connectivity index (χ3n) is 5.32. The zero-order valence-corrected chi connectivity index (χ0v) is 16.2. The van der Waals surface area contributed by atoms with Crippen LogP contribution in [0.15, 0.2) is 47.6 Å². The highest BCUT2D eigenvalue weighted by Gasteiger charge is 2.23. The molecule has 8 nitrogen and oxygen atoms in total. The van der Waals surface area contributed by atoms with Gasteiger partial charge in [-0.15, -0.1) is 10.2 Å². The number of rotatable bonds is 4. The maximum Gasteiger partial charge on any atom is 0.269 e. The lowest BCUT2D eigenvalue weighted by Crippen LogP contribution is -2.13. The lowest BCUT2D eigenvalue weighted by Gasteiger charge is -2.09. The molecule has 0 spiro atoms. The van der Waals surface area contributed by atoms with Gasteiger partial charge in [-0.25, -0.2) is 17.4 Å². The minimum Gasteiger partial charge on any atom is -0.316 e.